The van der Waals surface area contributed by atoms with Gasteiger partial charge in [0.15, 0.2) is 6.04 Å². The van der Waals surface area contributed by atoms with Crippen LogP contribution in [-0.2, 0) is 25.4 Å². The van der Waals surface area contributed by atoms with Crippen molar-refractivity contribution in [2.24, 2.45) is 4.99 Å². The molecule has 7 heteroatoms. The van der Waals surface area contributed by atoms with Crippen LogP contribution in [0.15, 0.2) is 35.3 Å². The molecule has 0 aliphatic carbocycles. The number of nitrogens with zero attached hydrogens (tertiary/aromatic N) is 1. The molecule has 0 aromatic heterocycles. The average Bonchev–Trinajstić information content (AvgIpc) is 3.02. The first-order chi connectivity index (χ1) is 11.8. The van der Waals surface area contributed by atoms with Gasteiger partial charge in [-0.2, -0.15) is 0 Å². The Hall–Kier alpha value is -2.57. The van der Waals surface area contributed by atoms with Gasteiger partial charge in [-0.05, 0) is 26.3 Å². The second-order valence-electron chi connectivity index (χ2n) is 6.71. The summed E-state index contributed by atoms with van der Waals surface area (Å²) < 4.78 is 15.5. The third kappa shape index (κ3) is 5.77. The molecule has 0 radical (unpaired) electrons. The molecule has 2 rings (SSSR count). The molecule has 0 saturated heterocycles. The fraction of sp³-hybridized carbons (Fsp3) is 0.500. The third-order valence-corrected chi connectivity index (χ3v) is 3.42. The van der Waals surface area contributed by atoms with Gasteiger partial charge in [0.25, 0.3) is 0 Å². The number of ether oxygens (including phenoxy) is 3. The molecule has 7 nitrogen and oxygen atoms in total. The Morgan fingerprint density at radius 2 is 2.00 bits per heavy atom. The summed E-state index contributed by atoms with van der Waals surface area (Å²) >= 11 is 0. The van der Waals surface area contributed by atoms with Crippen molar-refractivity contribution in [3.05, 3.63) is 35.9 Å². The van der Waals surface area contributed by atoms with E-state index in [1.165, 1.54) is 7.11 Å². The molecule has 1 aromatic rings. The summed E-state index contributed by atoms with van der Waals surface area (Å²) in [6.07, 6.45) is -0.103. The zero-order valence-corrected chi connectivity index (χ0v) is 14.9. The van der Waals surface area contributed by atoms with Crippen molar-refractivity contribution < 1.29 is 23.8 Å². The standard InChI is InChI=1S/C18H24N2O5/c1-18(2,3)25-17(22)20-13(10-12-8-6-5-7-9-12)15-19-14(11-24-15)16(21)23-4/h5-9,13-14H,10-11H2,1-4H3,(H,20,22). The van der Waals surface area contributed by atoms with Crippen molar-refractivity contribution in [3.63, 3.8) is 0 Å². The number of aliphatic imine (C=N–C) groups is 1. The number of rotatable bonds is 5. The lowest BCUT2D eigenvalue weighted by Gasteiger charge is -2.23. The fourth-order valence-corrected chi connectivity index (χ4v) is 2.34. The molecule has 1 aliphatic rings. The minimum Gasteiger partial charge on any atom is -0.477 e. The fourth-order valence-electron chi connectivity index (χ4n) is 2.34. The van der Waals surface area contributed by atoms with Crippen LogP contribution < -0.4 is 5.32 Å². The van der Waals surface area contributed by atoms with E-state index in [2.05, 4.69) is 15.0 Å². The normalized spacial score (nSPS) is 17.9. The number of hydrogen-bond acceptors (Lipinski definition) is 6. The summed E-state index contributed by atoms with van der Waals surface area (Å²) in [5.41, 5.74) is 0.380. The molecular formula is C18H24N2O5. The Morgan fingerprint density at radius 1 is 1.32 bits per heavy atom. The molecule has 1 heterocycles. The number of methoxy groups -OCH3 is 1. The maximum absolute atomic E-state index is 12.2. The predicted molar refractivity (Wildman–Crippen MR) is 92.5 cm³/mol. The lowest BCUT2D eigenvalue weighted by Crippen LogP contribution is -2.44. The number of amides is 1. The summed E-state index contributed by atoms with van der Waals surface area (Å²) in [5.74, 6) is -0.171. The van der Waals surface area contributed by atoms with Crippen molar-refractivity contribution in [3.8, 4) is 0 Å². The van der Waals surface area contributed by atoms with E-state index >= 15 is 0 Å². The Labute approximate surface area is 147 Å². The van der Waals surface area contributed by atoms with Crippen molar-refractivity contribution in [1.29, 1.82) is 0 Å². The first-order valence-electron chi connectivity index (χ1n) is 8.10. The molecule has 1 amide bonds. The first kappa shape index (κ1) is 18.8. The predicted octanol–water partition coefficient (Wildman–Crippen LogP) is 2.09. The van der Waals surface area contributed by atoms with Crippen molar-refractivity contribution in [2.45, 2.75) is 44.9 Å². The number of benzene rings is 1. The van der Waals surface area contributed by atoms with Gasteiger partial charge in [-0.3, -0.25) is 0 Å². The molecule has 1 aliphatic heterocycles. The molecule has 1 N–H and O–H groups in total. The van der Waals surface area contributed by atoms with Gasteiger partial charge < -0.3 is 19.5 Å². The van der Waals surface area contributed by atoms with E-state index in [1.807, 2.05) is 30.3 Å². The van der Waals surface area contributed by atoms with Crippen LogP contribution in [0.1, 0.15) is 26.3 Å². The number of alkyl carbamates (subject to hydrolysis) is 1. The zero-order chi connectivity index (χ0) is 18.4. The monoisotopic (exact) mass is 348 g/mol. The number of carbonyl (C=O) groups excluding carboxylic acids is 2. The van der Waals surface area contributed by atoms with E-state index in [4.69, 9.17) is 9.47 Å². The second-order valence-corrected chi connectivity index (χ2v) is 6.71. The molecule has 0 spiro atoms. The van der Waals surface area contributed by atoms with E-state index in [-0.39, 0.29) is 6.61 Å². The van der Waals surface area contributed by atoms with Crippen LogP contribution >= 0.6 is 0 Å². The maximum atomic E-state index is 12.2. The summed E-state index contributed by atoms with van der Waals surface area (Å²) in [7, 11) is 1.30. The van der Waals surface area contributed by atoms with Crippen LogP contribution in [0.2, 0.25) is 0 Å². The van der Waals surface area contributed by atoms with Gasteiger partial charge in [0, 0.05) is 6.42 Å². The number of hydrogen-bond donors (Lipinski definition) is 1. The highest BCUT2D eigenvalue weighted by Crippen LogP contribution is 2.14. The summed E-state index contributed by atoms with van der Waals surface area (Å²) in [4.78, 5) is 28.0. The van der Waals surface area contributed by atoms with E-state index in [1.54, 1.807) is 20.8 Å². The van der Waals surface area contributed by atoms with Gasteiger partial charge in [0.05, 0.1) is 7.11 Å². The summed E-state index contributed by atoms with van der Waals surface area (Å²) in [6, 6.07) is 8.37. The highest BCUT2D eigenvalue weighted by molar-refractivity contribution is 5.90. The van der Waals surface area contributed by atoms with Crippen LogP contribution in [0.3, 0.4) is 0 Å². The molecule has 0 bridgehead atoms. The number of nitrogens with one attached hydrogen (secondary N) is 1. The highest BCUT2D eigenvalue weighted by atomic mass is 16.6. The molecule has 0 saturated carbocycles. The first-order valence-corrected chi connectivity index (χ1v) is 8.10. The minimum absolute atomic E-state index is 0.100. The van der Waals surface area contributed by atoms with Gasteiger partial charge in [0.2, 0.25) is 5.90 Å². The molecule has 136 valence electrons. The smallest absolute Gasteiger partial charge is 0.408 e. The Kier molecular flexibility index (Phi) is 6.01. The zero-order valence-electron chi connectivity index (χ0n) is 14.9. The van der Waals surface area contributed by atoms with Crippen LogP contribution in [0.25, 0.3) is 0 Å². The van der Waals surface area contributed by atoms with Crippen LogP contribution in [0.4, 0.5) is 4.79 Å². The summed E-state index contributed by atoms with van der Waals surface area (Å²) in [6.45, 7) is 5.46. The quantitative estimate of drug-likeness (QED) is 0.824. The van der Waals surface area contributed by atoms with Crippen LogP contribution in [-0.4, -0.2) is 49.4 Å². The molecular weight excluding hydrogens is 324 g/mol. The van der Waals surface area contributed by atoms with Crippen molar-refractivity contribution in [1.82, 2.24) is 5.32 Å². The lowest BCUT2D eigenvalue weighted by atomic mass is 10.1. The van der Waals surface area contributed by atoms with Crippen molar-refractivity contribution >= 4 is 18.0 Å². The topological polar surface area (TPSA) is 86.2 Å². The molecule has 2 atom stereocenters. The maximum Gasteiger partial charge on any atom is 0.408 e. The second kappa shape index (κ2) is 8.00. The molecule has 0 fully saturated rings. The van der Waals surface area contributed by atoms with Gasteiger partial charge in [-0.25, -0.2) is 14.6 Å². The van der Waals surface area contributed by atoms with Gasteiger partial charge in [-0.15, -0.1) is 0 Å². The highest BCUT2D eigenvalue weighted by Gasteiger charge is 2.32. The number of esters is 1. The van der Waals surface area contributed by atoms with Gasteiger partial charge in [0.1, 0.15) is 18.2 Å². The van der Waals surface area contributed by atoms with Crippen LogP contribution in [0.5, 0.6) is 0 Å². The van der Waals surface area contributed by atoms with E-state index in [9.17, 15) is 9.59 Å². The largest absolute Gasteiger partial charge is 0.477 e. The average molecular weight is 348 g/mol. The lowest BCUT2D eigenvalue weighted by molar-refractivity contribution is -0.142. The molecule has 25 heavy (non-hydrogen) atoms. The molecule has 1 aromatic carbocycles. The Morgan fingerprint density at radius 3 is 2.60 bits per heavy atom. The van der Waals surface area contributed by atoms with Crippen molar-refractivity contribution in [2.75, 3.05) is 13.7 Å². The SMILES string of the molecule is COC(=O)C1COC(C(Cc2ccccc2)NC(=O)OC(C)(C)C)=N1. The third-order valence-electron chi connectivity index (χ3n) is 3.42. The van der Waals surface area contributed by atoms with E-state index in [0.717, 1.165) is 5.56 Å². The van der Waals surface area contributed by atoms with Crippen LogP contribution in [0, 0.1) is 0 Å². The Balaban J connectivity index is 2.15. The molecule has 2 unspecified atom stereocenters. The summed E-state index contributed by atoms with van der Waals surface area (Å²) in [5, 5.41) is 2.77. The van der Waals surface area contributed by atoms with Gasteiger partial charge >= 0.3 is 12.1 Å². The minimum atomic E-state index is -0.710. The number of carbonyl (C=O) groups is 2. The Bertz CT molecular complexity index is 637. The van der Waals surface area contributed by atoms with E-state index < -0.39 is 29.7 Å². The van der Waals surface area contributed by atoms with Gasteiger partial charge in [-0.1, -0.05) is 30.3 Å². The van der Waals surface area contributed by atoms with E-state index in [0.29, 0.717) is 12.3 Å².